The van der Waals surface area contributed by atoms with Gasteiger partial charge in [0.05, 0.1) is 29.3 Å². The van der Waals surface area contributed by atoms with Crippen LogP contribution in [0.4, 0.5) is 0 Å². The highest BCUT2D eigenvalue weighted by Gasteiger charge is 2.16. The van der Waals surface area contributed by atoms with Gasteiger partial charge in [0.15, 0.2) is 0 Å². The van der Waals surface area contributed by atoms with Crippen LogP contribution < -0.4 is 5.32 Å². The average Bonchev–Trinajstić information content (AvgIpc) is 2.86. The molecule has 0 bridgehead atoms. The predicted octanol–water partition coefficient (Wildman–Crippen LogP) is 4.05. The van der Waals surface area contributed by atoms with Crippen molar-refractivity contribution >= 4 is 15.9 Å². The molecule has 0 amide bonds. The van der Waals surface area contributed by atoms with E-state index in [0.717, 1.165) is 15.8 Å². The molecule has 2 atom stereocenters. The van der Waals surface area contributed by atoms with Gasteiger partial charge >= 0.3 is 0 Å². The molecule has 1 N–H and O–H groups in total. The van der Waals surface area contributed by atoms with Crippen LogP contribution in [-0.2, 0) is 0 Å². The number of nitrogens with one attached hydrogen (secondary N) is 1. The Kier molecular flexibility index (Phi) is 3.51. The molecule has 0 aliphatic rings. The van der Waals surface area contributed by atoms with Crippen molar-refractivity contribution in [1.29, 1.82) is 0 Å². The second kappa shape index (κ2) is 4.89. The highest BCUT2D eigenvalue weighted by Crippen LogP contribution is 2.26. The lowest BCUT2D eigenvalue weighted by Crippen LogP contribution is -2.21. The normalized spacial score (nSPS) is 14.9. The van der Waals surface area contributed by atoms with E-state index in [1.54, 1.807) is 18.8 Å². The Labute approximate surface area is 103 Å². The third-order valence-corrected chi connectivity index (χ3v) is 3.24. The fourth-order valence-electron chi connectivity index (χ4n) is 1.68. The molecule has 2 unspecified atom stereocenters. The van der Waals surface area contributed by atoms with E-state index in [1.165, 1.54) is 0 Å². The van der Waals surface area contributed by atoms with Gasteiger partial charge in [-0.3, -0.25) is 0 Å². The summed E-state index contributed by atoms with van der Waals surface area (Å²) in [5, 5.41) is 3.44. The molecular weight excluding hydrogens is 270 g/mol. The zero-order valence-corrected chi connectivity index (χ0v) is 10.8. The van der Waals surface area contributed by atoms with Crippen molar-refractivity contribution in [2.75, 3.05) is 0 Å². The SMILES string of the molecule is CC(NC(C)c1occc1Br)c1ccoc1. The second-order valence-corrected chi connectivity index (χ2v) is 4.65. The van der Waals surface area contributed by atoms with Crippen molar-refractivity contribution < 1.29 is 8.83 Å². The molecule has 86 valence electrons. The van der Waals surface area contributed by atoms with Gasteiger partial charge in [0.2, 0.25) is 0 Å². The van der Waals surface area contributed by atoms with E-state index in [0.29, 0.717) is 0 Å². The fourth-order valence-corrected chi connectivity index (χ4v) is 2.23. The number of rotatable bonds is 4. The molecule has 16 heavy (non-hydrogen) atoms. The minimum absolute atomic E-state index is 0.147. The van der Waals surface area contributed by atoms with Gasteiger partial charge in [-0.25, -0.2) is 0 Å². The van der Waals surface area contributed by atoms with Crippen LogP contribution in [0.3, 0.4) is 0 Å². The fraction of sp³-hybridized carbons (Fsp3) is 0.333. The summed E-state index contributed by atoms with van der Waals surface area (Å²) in [5.41, 5.74) is 1.13. The molecule has 2 aromatic rings. The molecule has 3 nitrogen and oxygen atoms in total. The number of furan rings is 2. The summed E-state index contributed by atoms with van der Waals surface area (Å²) in [6.45, 7) is 4.17. The first-order chi connectivity index (χ1) is 7.68. The lowest BCUT2D eigenvalue weighted by Gasteiger charge is -2.17. The third kappa shape index (κ3) is 2.39. The molecule has 2 heterocycles. The van der Waals surface area contributed by atoms with Crippen LogP contribution >= 0.6 is 15.9 Å². The summed E-state index contributed by atoms with van der Waals surface area (Å²) in [5.74, 6) is 0.912. The number of halogens is 1. The standard InChI is InChI=1S/C12H14BrNO2/c1-8(10-3-5-15-7-10)14-9(2)12-11(13)4-6-16-12/h3-9,14H,1-2H3. The molecule has 0 radical (unpaired) electrons. The Balaban J connectivity index is 2.03. The molecule has 4 heteroatoms. The Hall–Kier alpha value is -1.00. The molecule has 0 spiro atoms. The molecule has 0 saturated carbocycles. The molecule has 0 saturated heterocycles. The summed E-state index contributed by atoms with van der Waals surface area (Å²) in [6, 6.07) is 4.23. The Bertz CT molecular complexity index is 436. The van der Waals surface area contributed by atoms with Gasteiger partial charge in [0, 0.05) is 11.6 Å². The maximum atomic E-state index is 5.41. The van der Waals surface area contributed by atoms with Gasteiger partial charge in [-0.1, -0.05) is 0 Å². The lowest BCUT2D eigenvalue weighted by molar-refractivity contribution is 0.399. The van der Waals surface area contributed by atoms with Crippen LogP contribution in [0.5, 0.6) is 0 Å². The Morgan fingerprint density at radius 3 is 2.56 bits per heavy atom. The van der Waals surface area contributed by atoms with Crippen LogP contribution in [0.15, 0.2) is 44.2 Å². The quantitative estimate of drug-likeness (QED) is 0.920. The predicted molar refractivity (Wildman–Crippen MR) is 65.1 cm³/mol. The van der Waals surface area contributed by atoms with Crippen LogP contribution in [0.1, 0.15) is 37.3 Å². The first kappa shape index (κ1) is 11.5. The first-order valence-corrected chi connectivity index (χ1v) is 5.99. The van der Waals surface area contributed by atoms with Crippen LogP contribution in [0.25, 0.3) is 0 Å². The minimum Gasteiger partial charge on any atom is -0.472 e. The van der Waals surface area contributed by atoms with Gasteiger partial charge in [0.1, 0.15) is 5.76 Å². The zero-order valence-electron chi connectivity index (χ0n) is 9.24. The molecule has 2 rings (SSSR count). The monoisotopic (exact) mass is 283 g/mol. The van der Waals surface area contributed by atoms with Crippen molar-refractivity contribution in [2.45, 2.75) is 25.9 Å². The molecular formula is C12H14BrNO2. The van der Waals surface area contributed by atoms with Crippen molar-refractivity contribution in [3.63, 3.8) is 0 Å². The van der Waals surface area contributed by atoms with Crippen LogP contribution in [-0.4, -0.2) is 0 Å². The maximum Gasteiger partial charge on any atom is 0.134 e. The summed E-state index contributed by atoms with van der Waals surface area (Å²) in [7, 11) is 0. The van der Waals surface area contributed by atoms with E-state index >= 15 is 0 Å². The van der Waals surface area contributed by atoms with Crippen molar-refractivity contribution in [2.24, 2.45) is 0 Å². The van der Waals surface area contributed by atoms with Crippen molar-refractivity contribution in [3.8, 4) is 0 Å². The summed E-state index contributed by atoms with van der Waals surface area (Å²) >= 11 is 3.45. The van der Waals surface area contributed by atoms with Gasteiger partial charge in [-0.2, -0.15) is 0 Å². The summed E-state index contributed by atoms with van der Waals surface area (Å²) in [6.07, 6.45) is 5.11. The van der Waals surface area contributed by atoms with Gasteiger partial charge < -0.3 is 14.2 Å². The second-order valence-electron chi connectivity index (χ2n) is 3.80. The molecule has 0 aromatic carbocycles. The number of hydrogen-bond acceptors (Lipinski definition) is 3. The maximum absolute atomic E-state index is 5.41. The zero-order chi connectivity index (χ0) is 11.5. The average molecular weight is 284 g/mol. The largest absolute Gasteiger partial charge is 0.472 e. The van der Waals surface area contributed by atoms with E-state index < -0.39 is 0 Å². The molecule has 0 aliphatic carbocycles. The highest BCUT2D eigenvalue weighted by atomic mass is 79.9. The van der Waals surface area contributed by atoms with Gasteiger partial charge in [-0.05, 0) is 41.9 Å². The minimum atomic E-state index is 0.147. The van der Waals surface area contributed by atoms with Crippen LogP contribution in [0, 0.1) is 0 Å². The first-order valence-electron chi connectivity index (χ1n) is 5.19. The van der Waals surface area contributed by atoms with Crippen molar-refractivity contribution in [1.82, 2.24) is 5.32 Å². The lowest BCUT2D eigenvalue weighted by atomic mass is 10.1. The highest BCUT2D eigenvalue weighted by molar-refractivity contribution is 9.10. The van der Waals surface area contributed by atoms with E-state index in [2.05, 4.69) is 35.1 Å². The third-order valence-electron chi connectivity index (χ3n) is 2.58. The van der Waals surface area contributed by atoms with Crippen molar-refractivity contribution in [3.05, 3.63) is 46.7 Å². The van der Waals surface area contributed by atoms with E-state index in [1.807, 2.05) is 12.1 Å². The smallest absolute Gasteiger partial charge is 0.134 e. The van der Waals surface area contributed by atoms with E-state index in [4.69, 9.17) is 8.83 Å². The summed E-state index contributed by atoms with van der Waals surface area (Å²) in [4.78, 5) is 0. The summed E-state index contributed by atoms with van der Waals surface area (Å²) < 4.78 is 11.5. The number of hydrogen-bond donors (Lipinski definition) is 1. The van der Waals surface area contributed by atoms with E-state index in [9.17, 15) is 0 Å². The Morgan fingerprint density at radius 2 is 2.00 bits per heavy atom. The molecule has 0 fully saturated rings. The molecule has 0 aliphatic heterocycles. The molecule has 2 aromatic heterocycles. The van der Waals surface area contributed by atoms with Gasteiger partial charge in [0.25, 0.3) is 0 Å². The van der Waals surface area contributed by atoms with E-state index in [-0.39, 0.29) is 12.1 Å². The van der Waals surface area contributed by atoms with Crippen LogP contribution in [0.2, 0.25) is 0 Å². The van der Waals surface area contributed by atoms with Gasteiger partial charge in [-0.15, -0.1) is 0 Å². The topological polar surface area (TPSA) is 38.3 Å². The Morgan fingerprint density at radius 1 is 1.19 bits per heavy atom.